The number of aromatic nitrogens is 1. The first-order valence-corrected chi connectivity index (χ1v) is 6.81. The molecule has 1 fully saturated rings. The minimum Gasteiger partial charge on any atom is -0.344 e. The number of nitrogens with zero attached hydrogens (tertiary/aromatic N) is 2. The predicted molar refractivity (Wildman–Crippen MR) is 72.3 cm³/mol. The zero-order valence-electron chi connectivity index (χ0n) is 11.3. The Morgan fingerprint density at radius 2 is 2.33 bits per heavy atom. The Morgan fingerprint density at radius 1 is 1.56 bits per heavy atom. The van der Waals surface area contributed by atoms with Crippen LogP contribution in [0.3, 0.4) is 0 Å². The average Bonchev–Trinajstić information content (AvgIpc) is 2.86. The number of carbonyl (C=O) groups is 1. The highest BCUT2D eigenvalue weighted by atomic mass is 16.2. The molecule has 1 aliphatic rings. The van der Waals surface area contributed by atoms with Crippen molar-refractivity contribution in [1.82, 2.24) is 9.47 Å². The van der Waals surface area contributed by atoms with E-state index in [1.165, 1.54) is 0 Å². The summed E-state index contributed by atoms with van der Waals surface area (Å²) < 4.78 is 2.00. The van der Waals surface area contributed by atoms with Gasteiger partial charge in [-0.3, -0.25) is 4.79 Å². The molecule has 1 amide bonds. The normalized spacial score (nSPS) is 24.3. The molecule has 4 heteroatoms. The third-order valence-electron chi connectivity index (χ3n) is 4.09. The van der Waals surface area contributed by atoms with Crippen LogP contribution in [0, 0.1) is 11.8 Å². The molecule has 2 atom stereocenters. The maximum absolute atomic E-state index is 12.5. The fourth-order valence-corrected chi connectivity index (χ4v) is 2.69. The van der Waals surface area contributed by atoms with Crippen LogP contribution in [-0.4, -0.2) is 35.0 Å². The van der Waals surface area contributed by atoms with Gasteiger partial charge < -0.3 is 15.2 Å². The molecule has 0 bridgehead atoms. The van der Waals surface area contributed by atoms with Gasteiger partial charge in [0.2, 0.25) is 0 Å². The van der Waals surface area contributed by atoms with Crippen molar-refractivity contribution in [1.29, 1.82) is 0 Å². The second-order valence-corrected chi connectivity index (χ2v) is 5.19. The van der Waals surface area contributed by atoms with Crippen molar-refractivity contribution in [2.24, 2.45) is 17.6 Å². The standard InChI is InChI=1S/C14H23N3O/c1-3-16-7-4-5-13(16)14(18)17-8-6-11(2)12(9-15)10-17/h4-5,7,11-12H,3,6,8-10,15H2,1-2H3. The van der Waals surface area contributed by atoms with Crippen LogP contribution < -0.4 is 5.73 Å². The Bertz CT molecular complexity index is 413. The Balaban J connectivity index is 2.10. The van der Waals surface area contributed by atoms with E-state index in [1.54, 1.807) is 0 Å². The van der Waals surface area contributed by atoms with Crippen LogP contribution in [0.5, 0.6) is 0 Å². The van der Waals surface area contributed by atoms with Gasteiger partial charge in [0.1, 0.15) is 5.69 Å². The Labute approximate surface area is 109 Å². The van der Waals surface area contributed by atoms with Crippen molar-refractivity contribution in [3.63, 3.8) is 0 Å². The second-order valence-electron chi connectivity index (χ2n) is 5.19. The van der Waals surface area contributed by atoms with E-state index in [4.69, 9.17) is 5.73 Å². The van der Waals surface area contributed by atoms with Crippen LogP contribution in [0.15, 0.2) is 18.3 Å². The minimum absolute atomic E-state index is 0.146. The van der Waals surface area contributed by atoms with Crippen LogP contribution in [0.25, 0.3) is 0 Å². The molecule has 0 aromatic carbocycles. The molecule has 1 saturated heterocycles. The zero-order valence-corrected chi connectivity index (χ0v) is 11.3. The van der Waals surface area contributed by atoms with E-state index >= 15 is 0 Å². The molecule has 100 valence electrons. The lowest BCUT2D eigenvalue weighted by Gasteiger charge is -2.36. The maximum atomic E-state index is 12.5. The molecule has 4 nitrogen and oxygen atoms in total. The average molecular weight is 249 g/mol. The third kappa shape index (κ3) is 2.43. The minimum atomic E-state index is 0.146. The van der Waals surface area contributed by atoms with Gasteiger partial charge in [-0.15, -0.1) is 0 Å². The first kappa shape index (κ1) is 13.1. The van der Waals surface area contributed by atoms with Crippen LogP contribution >= 0.6 is 0 Å². The highest BCUT2D eigenvalue weighted by molar-refractivity contribution is 5.92. The van der Waals surface area contributed by atoms with Gasteiger partial charge >= 0.3 is 0 Å². The molecule has 1 aromatic heterocycles. The fraction of sp³-hybridized carbons (Fsp3) is 0.643. The number of amides is 1. The van der Waals surface area contributed by atoms with Gasteiger partial charge in [-0.05, 0) is 43.9 Å². The summed E-state index contributed by atoms with van der Waals surface area (Å²) in [6.45, 7) is 7.43. The number of rotatable bonds is 3. The van der Waals surface area contributed by atoms with Gasteiger partial charge in [-0.2, -0.15) is 0 Å². The van der Waals surface area contributed by atoms with Gasteiger partial charge in [0.05, 0.1) is 0 Å². The van der Waals surface area contributed by atoms with Crippen molar-refractivity contribution in [2.45, 2.75) is 26.8 Å². The molecule has 0 spiro atoms. The summed E-state index contributed by atoms with van der Waals surface area (Å²) in [6, 6.07) is 3.84. The van der Waals surface area contributed by atoms with E-state index in [-0.39, 0.29) is 5.91 Å². The number of hydrogen-bond acceptors (Lipinski definition) is 2. The van der Waals surface area contributed by atoms with E-state index in [0.717, 1.165) is 31.7 Å². The van der Waals surface area contributed by atoms with E-state index in [9.17, 15) is 4.79 Å². The SMILES string of the molecule is CCn1cccc1C(=O)N1CCC(C)C(CN)C1. The smallest absolute Gasteiger partial charge is 0.270 e. The van der Waals surface area contributed by atoms with Crippen LogP contribution in [0.4, 0.5) is 0 Å². The van der Waals surface area contributed by atoms with Crippen molar-refractivity contribution in [3.05, 3.63) is 24.0 Å². The quantitative estimate of drug-likeness (QED) is 0.884. The third-order valence-corrected chi connectivity index (χ3v) is 4.09. The summed E-state index contributed by atoms with van der Waals surface area (Å²) >= 11 is 0. The number of piperidine rings is 1. The zero-order chi connectivity index (χ0) is 13.1. The maximum Gasteiger partial charge on any atom is 0.270 e. The first-order valence-electron chi connectivity index (χ1n) is 6.81. The summed E-state index contributed by atoms with van der Waals surface area (Å²) in [4.78, 5) is 14.4. The van der Waals surface area contributed by atoms with Gasteiger partial charge in [0.15, 0.2) is 0 Å². The molecule has 2 unspecified atom stereocenters. The summed E-state index contributed by atoms with van der Waals surface area (Å²) in [7, 11) is 0. The second kappa shape index (κ2) is 5.57. The molecular formula is C14H23N3O. The van der Waals surface area contributed by atoms with Gasteiger partial charge in [-0.25, -0.2) is 0 Å². The Morgan fingerprint density at radius 3 is 3.00 bits per heavy atom. The summed E-state index contributed by atoms with van der Waals surface area (Å²) in [5, 5.41) is 0. The number of aryl methyl sites for hydroxylation is 1. The Hall–Kier alpha value is -1.29. The van der Waals surface area contributed by atoms with E-state index in [2.05, 4.69) is 13.8 Å². The molecule has 0 saturated carbocycles. The van der Waals surface area contributed by atoms with Gasteiger partial charge in [0, 0.05) is 25.8 Å². The fourth-order valence-electron chi connectivity index (χ4n) is 2.69. The molecule has 18 heavy (non-hydrogen) atoms. The lowest BCUT2D eigenvalue weighted by atomic mass is 9.87. The van der Waals surface area contributed by atoms with Crippen LogP contribution in [0.2, 0.25) is 0 Å². The molecule has 2 N–H and O–H groups in total. The number of carbonyl (C=O) groups excluding carboxylic acids is 1. The summed E-state index contributed by atoms with van der Waals surface area (Å²) in [5.74, 6) is 1.21. The van der Waals surface area contributed by atoms with Crippen LogP contribution in [0.1, 0.15) is 30.8 Å². The number of hydrogen-bond donors (Lipinski definition) is 1. The van der Waals surface area contributed by atoms with E-state index in [1.807, 2.05) is 27.8 Å². The molecule has 1 aromatic rings. The van der Waals surface area contributed by atoms with Crippen LogP contribution in [-0.2, 0) is 6.54 Å². The first-order chi connectivity index (χ1) is 8.67. The lowest BCUT2D eigenvalue weighted by Crippen LogP contribution is -2.45. The summed E-state index contributed by atoms with van der Waals surface area (Å²) in [6.07, 6.45) is 3.01. The van der Waals surface area contributed by atoms with Crippen molar-refractivity contribution in [2.75, 3.05) is 19.6 Å². The highest BCUT2D eigenvalue weighted by Gasteiger charge is 2.29. The van der Waals surface area contributed by atoms with Gasteiger partial charge in [-0.1, -0.05) is 6.92 Å². The predicted octanol–water partition coefficient (Wildman–Crippen LogP) is 1.56. The largest absolute Gasteiger partial charge is 0.344 e. The molecular weight excluding hydrogens is 226 g/mol. The Kier molecular flexibility index (Phi) is 4.07. The lowest BCUT2D eigenvalue weighted by molar-refractivity contribution is 0.0608. The molecule has 0 aliphatic carbocycles. The topological polar surface area (TPSA) is 51.3 Å². The number of nitrogens with two attached hydrogens (primary N) is 1. The van der Waals surface area contributed by atoms with Crippen molar-refractivity contribution < 1.29 is 4.79 Å². The van der Waals surface area contributed by atoms with E-state index in [0.29, 0.717) is 18.4 Å². The van der Waals surface area contributed by atoms with Crippen molar-refractivity contribution >= 4 is 5.91 Å². The summed E-state index contributed by atoms with van der Waals surface area (Å²) in [5.41, 5.74) is 6.58. The molecule has 1 aliphatic heterocycles. The van der Waals surface area contributed by atoms with Gasteiger partial charge in [0.25, 0.3) is 5.91 Å². The number of likely N-dealkylation sites (tertiary alicyclic amines) is 1. The molecule has 2 rings (SSSR count). The monoisotopic (exact) mass is 249 g/mol. The highest BCUT2D eigenvalue weighted by Crippen LogP contribution is 2.23. The molecule has 2 heterocycles. The van der Waals surface area contributed by atoms with E-state index < -0.39 is 0 Å². The van der Waals surface area contributed by atoms with Crippen molar-refractivity contribution in [3.8, 4) is 0 Å². The molecule has 0 radical (unpaired) electrons.